The Kier molecular flexibility index (Phi) is 6.23. The molecule has 0 aromatic heterocycles. The fraction of sp³-hybridized carbons (Fsp3) is 0.381. The van der Waals surface area contributed by atoms with E-state index in [1.807, 2.05) is 38.1 Å². The monoisotopic (exact) mass is 434 g/mol. The fourth-order valence-corrected chi connectivity index (χ4v) is 4.26. The molecule has 2 aromatic carbocycles. The van der Waals surface area contributed by atoms with E-state index in [0.717, 1.165) is 11.4 Å². The van der Waals surface area contributed by atoms with Crippen LogP contribution in [0.1, 0.15) is 20.3 Å². The van der Waals surface area contributed by atoms with Gasteiger partial charge < -0.3 is 19.7 Å². The second kappa shape index (κ2) is 8.53. The van der Waals surface area contributed by atoms with Gasteiger partial charge in [-0.3, -0.25) is 8.98 Å². The topological polar surface area (TPSA) is 94.2 Å². The zero-order valence-electron chi connectivity index (χ0n) is 17.5. The molecule has 0 aliphatic carbocycles. The number of benzene rings is 2. The smallest absolute Gasteiger partial charge is 0.297 e. The maximum absolute atomic E-state index is 12.8. The minimum Gasteiger partial charge on any atom is -0.493 e. The number of hydrogen-bond donors (Lipinski definition) is 1. The molecule has 8 nitrogen and oxygen atoms in total. The van der Waals surface area contributed by atoms with Crippen molar-refractivity contribution in [2.45, 2.75) is 30.7 Å². The summed E-state index contributed by atoms with van der Waals surface area (Å²) in [6.07, 6.45) is 0.350. The number of anilines is 2. The largest absolute Gasteiger partial charge is 0.493 e. The highest BCUT2D eigenvalue weighted by atomic mass is 32.2. The Morgan fingerprint density at radius 1 is 1.03 bits per heavy atom. The van der Waals surface area contributed by atoms with Crippen LogP contribution in [0.5, 0.6) is 11.5 Å². The van der Waals surface area contributed by atoms with Crippen LogP contribution in [0.3, 0.4) is 0 Å². The van der Waals surface area contributed by atoms with Crippen LogP contribution < -0.4 is 19.7 Å². The Morgan fingerprint density at radius 3 is 2.43 bits per heavy atom. The van der Waals surface area contributed by atoms with E-state index in [2.05, 4.69) is 5.32 Å². The quantitative estimate of drug-likeness (QED) is 0.504. The van der Waals surface area contributed by atoms with Crippen LogP contribution in [0.4, 0.5) is 11.4 Å². The molecule has 2 aromatic rings. The molecule has 1 heterocycles. The van der Waals surface area contributed by atoms with Gasteiger partial charge in [0, 0.05) is 12.6 Å². The number of amides is 1. The van der Waals surface area contributed by atoms with Crippen LogP contribution in [0.25, 0.3) is 0 Å². The predicted octanol–water partition coefficient (Wildman–Crippen LogP) is 3.04. The second-order valence-corrected chi connectivity index (χ2v) is 8.99. The van der Waals surface area contributed by atoms with Gasteiger partial charge in [-0.1, -0.05) is 12.1 Å². The van der Waals surface area contributed by atoms with Gasteiger partial charge in [0.1, 0.15) is 5.54 Å². The lowest BCUT2D eigenvalue weighted by atomic mass is 9.98. The average Bonchev–Trinajstić information content (AvgIpc) is 2.72. The molecule has 1 amide bonds. The summed E-state index contributed by atoms with van der Waals surface area (Å²) >= 11 is 0. The van der Waals surface area contributed by atoms with E-state index in [-0.39, 0.29) is 17.4 Å². The van der Waals surface area contributed by atoms with Crippen molar-refractivity contribution in [1.82, 2.24) is 0 Å². The van der Waals surface area contributed by atoms with Crippen LogP contribution in [0.15, 0.2) is 47.4 Å². The highest BCUT2D eigenvalue weighted by Crippen LogP contribution is 2.35. The molecule has 0 fully saturated rings. The minimum absolute atomic E-state index is 0.0233. The Labute approximate surface area is 176 Å². The summed E-state index contributed by atoms with van der Waals surface area (Å²) in [7, 11) is -1.07. The molecule has 0 bridgehead atoms. The van der Waals surface area contributed by atoms with Gasteiger partial charge in [0.15, 0.2) is 11.5 Å². The summed E-state index contributed by atoms with van der Waals surface area (Å²) in [6, 6.07) is 11.8. The van der Waals surface area contributed by atoms with Gasteiger partial charge in [-0.15, -0.1) is 0 Å². The zero-order valence-corrected chi connectivity index (χ0v) is 18.3. The first kappa shape index (κ1) is 21.9. The fourth-order valence-electron chi connectivity index (χ4n) is 3.31. The SMILES string of the molecule is COc1ccc(S(=O)(=O)OCCCN2C(=O)C(C)(C)Nc3ccccc32)cc1OC. The maximum Gasteiger partial charge on any atom is 0.297 e. The van der Waals surface area contributed by atoms with Gasteiger partial charge in [-0.05, 0) is 44.5 Å². The van der Waals surface area contributed by atoms with Crippen LogP contribution >= 0.6 is 0 Å². The number of nitrogens with one attached hydrogen (secondary N) is 1. The Hall–Kier alpha value is -2.78. The van der Waals surface area contributed by atoms with Gasteiger partial charge in [0.25, 0.3) is 16.0 Å². The van der Waals surface area contributed by atoms with Crippen LogP contribution in [-0.2, 0) is 19.1 Å². The van der Waals surface area contributed by atoms with E-state index in [4.69, 9.17) is 13.7 Å². The first-order valence-electron chi connectivity index (χ1n) is 9.50. The number of methoxy groups -OCH3 is 2. The highest BCUT2D eigenvalue weighted by molar-refractivity contribution is 7.86. The van der Waals surface area contributed by atoms with E-state index in [0.29, 0.717) is 24.5 Å². The molecular formula is C21H26N2O6S. The predicted molar refractivity (Wildman–Crippen MR) is 114 cm³/mol. The highest BCUT2D eigenvalue weighted by Gasteiger charge is 2.38. The molecular weight excluding hydrogens is 408 g/mol. The molecule has 0 spiro atoms. The van der Waals surface area contributed by atoms with Crippen molar-refractivity contribution in [3.05, 3.63) is 42.5 Å². The minimum atomic E-state index is -3.97. The number of para-hydroxylation sites is 2. The van der Waals surface area contributed by atoms with Crippen molar-refractivity contribution >= 4 is 27.4 Å². The standard InChI is InChI=1S/C21H26N2O6S/c1-21(2)20(24)23(17-9-6-5-8-16(17)22-21)12-7-13-29-30(25,26)15-10-11-18(27-3)19(14-15)28-4/h5-6,8-11,14,22H,7,12-13H2,1-4H3. The van der Waals surface area contributed by atoms with Crippen LogP contribution in [-0.4, -0.2) is 47.2 Å². The molecule has 9 heteroatoms. The molecule has 0 radical (unpaired) electrons. The van der Waals surface area contributed by atoms with Gasteiger partial charge in [0.05, 0.1) is 37.1 Å². The summed E-state index contributed by atoms with van der Waals surface area (Å²) < 4.78 is 40.5. The normalized spacial score (nSPS) is 15.3. The number of carbonyl (C=O) groups is 1. The maximum atomic E-state index is 12.8. The molecule has 162 valence electrons. The molecule has 1 aliphatic heterocycles. The first-order chi connectivity index (χ1) is 14.2. The third-order valence-corrected chi connectivity index (χ3v) is 6.14. The van der Waals surface area contributed by atoms with Crippen molar-refractivity contribution in [3.63, 3.8) is 0 Å². The summed E-state index contributed by atoms with van der Waals surface area (Å²) in [5, 5.41) is 3.23. The molecule has 3 rings (SSSR count). The lowest BCUT2D eigenvalue weighted by Gasteiger charge is -2.40. The molecule has 0 saturated carbocycles. The number of nitrogens with zero attached hydrogens (tertiary/aromatic N) is 1. The molecule has 0 saturated heterocycles. The van der Waals surface area contributed by atoms with Crippen molar-refractivity contribution in [2.75, 3.05) is 37.6 Å². The molecule has 1 aliphatic rings. The van der Waals surface area contributed by atoms with Gasteiger partial charge >= 0.3 is 0 Å². The molecule has 0 atom stereocenters. The lowest BCUT2D eigenvalue weighted by Crippen LogP contribution is -2.54. The second-order valence-electron chi connectivity index (χ2n) is 7.37. The first-order valence-corrected chi connectivity index (χ1v) is 10.9. The van der Waals surface area contributed by atoms with Gasteiger partial charge in [-0.2, -0.15) is 8.42 Å². The molecule has 1 N–H and O–H groups in total. The summed E-state index contributed by atoms with van der Waals surface area (Å²) in [6.45, 7) is 3.91. The summed E-state index contributed by atoms with van der Waals surface area (Å²) in [5.41, 5.74) is 0.881. The number of rotatable bonds is 8. The number of hydrogen-bond acceptors (Lipinski definition) is 7. The lowest BCUT2D eigenvalue weighted by molar-refractivity contribution is -0.122. The van der Waals surface area contributed by atoms with E-state index in [1.54, 1.807) is 4.90 Å². The Balaban J connectivity index is 1.66. The third-order valence-electron chi connectivity index (χ3n) is 4.83. The van der Waals surface area contributed by atoms with E-state index in [9.17, 15) is 13.2 Å². The Bertz CT molecular complexity index is 1040. The third kappa shape index (κ3) is 4.36. The molecule has 0 unspecified atom stereocenters. The van der Waals surface area contributed by atoms with E-state index < -0.39 is 15.7 Å². The van der Waals surface area contributed by atoms with Crippen molar-refractivity contribution in [3.8, 4) is 11.5 Å². The van der Waals surface area contributed by atoms with Crippen molar-refractivity contribution in [1.29, 1.82) is 0 Å². The molecule has 30 heavy (non-hydrogen) atoms. The van der Waals surface area contributed by atoms with Crippen LogP contribution in [0, 0.1) is 0 Å². The van der Waals surface area contributed by atoms with Crippen molar-refractivity contribution in [2.24, 2.45) is 0 Å². The number of ether oxygens (including phenoxy) is 2. The Morgan fingerprint density at radius 2 is 1.73 bits per heavy atom. The van der Waals surface area contributed by atoms with E-state index >= 15 is 0 Å². The summed E-state index contributed by atoms with van der Waals surface area (Å²) in [5.74, 6) is 0.645. The van der Waals surface area contributed by atoms with Gasteiger partial charge in [0.2, 0.25) is 0 Å². The number of fused-ring (bicyclic) bond motifs is 1. The van der Waals surface area contributed by atoms with Gasteiger partial charge in [-0.25, -0.2) is 0 Å². The van der Waals surface area contributed by atoms with E-state index in [1.165, 1.54) is 32.4 Å². The van der Waals surface area contributed by atoms with Crippen LogP contribution in [0.2, 0.25) is 0 Å². The summed E-state index contributed by atoms with van der Waals surface area (Å²) in [4.78, 5) is 14.5. The average molecular weight is 435 g/mol. The number of carbonyl (C=O) groups excluding carboxylic acids is 1. The van der Waals surface area contributed by atoms with Crippen molar-refractivity contribution < 1.29 is 26.9 Å². The zero-order chi connectivity index (χ0) is 21.9.